The molecule has 0 saturated carbocycles. The zero-order chi connectivity index (χ0) is 26.2. The van der Waals surface area contributed by atoms with Crippen LogP contribution in [0.1, 0.15) is 35.3 Å². The lowest BCUT2D eigenvalue weighted by Gasteiger charge is -2.31. The number of rotatable bonds is 10. The predicted molar refractivity (Wildman–Crippen MR) is 144 cm³/mol. The fraction of sp³-hybridized carbons (Fsp3) is 0.241. The van der Waals surface area contributed by atoms with Crippen molar-refractivity contribution in [3.05, 3.63) is 100 Å². The van der Waals surface area contributed by atoms with Crippen molar-refractivity contribution in [1.82, 2.24) is 5.32 Å². The van der Waals surface area contributed by atoms with Crippen LogP contribution in [-0.2, 0) is 20.8 Å². The number of amides is 2. The molecule has 0 radical (unpaired) electrons. The fourth-order valence-corrected chi connectivity index (χ4v) is 4.94. The summed E-state index contributed by atoms with van der Waals surface area (Å²) in [7, 11) is 0. The van der Waals surface area contributed by atoms with Crippen LogP contribution in [-0.4, -0.2) is 37.9 Å². The standard InChI is InChI=1S/C29H29FN2O4S/c1-3-35-27(36-4-2)18-31-28(33)22-12-15-25-24(17-22)32(19-21-10-13-23(30)14-11-21)29(34)26(37-25)16-20-8-6-5-7-9-20/h5-17,27H,3-4,18-19H2,1-2H3,(H,31,33). The van der Waals surface area contributed by atoms with Gasteiger partial charge in [-0.05, 0) is 61.4 Å². The van der Waals surface area contributed by atoms with E-state index in [0.29, 0.717) is 29.4 Å². The second kappa shape index (κ2) is 12.7. The molecule has 0 saturated heterocycles. The Hall–Kier alpha value is -3.46. The molecule has 8 heteroatoms. The zero-order valence-corrected chi connectivity index (χ0v) is 21.6. The molecule has 0 aromatic heterocycles. The van der Waals surface area contributed by atoms with Gasteiger partial charge in [0.15, 0.2) is 6.29 Å². The summed E-state index contributed by atoms with van der Waals surface area (Å²) in [6.07, 6.45) is 1.32. The average Bonchev–Trinajstić information content (AvgIpc) is 2.91. The Morgan fingerprint density at radius 3 is 2.41 bits per heavy atom. The normalized spacial score (nSPS) is 14.2. The summed E-state index contributed by atoms with van der Waals surface area (Å²) in [4.78, 5) is 29.6. The highest BCUT2D eigenvalue weighted by molar-refractivity contribution is 8.04. The van der Waals surface area contributed by atoms with Crippen LogP contribution in [0.15, 0.2) is 82.6 Å². The van der Waals surface area contributed by atoms with Crippen LogP contribution in [0.5, 0.6) is 0 Å². The minimum absolute atomic E-state index is 0.184. The van der Waals surface area contributed by atoms with Crippen LogP contribution in [0.3, 0.4) is 0 Å². The van der Waals surface area contributed by atoms with E-state index in [9.17, 15) is 14.0 Å². The first-order valence-corrected chi connectivity index (χ1v) is 13.0. The molecule has 37 heavy (non-hydrogen) atoms. The number of anilines is 1. The Morgan fingerprint density at radius 1 is 1.03 bits per heavy atom. The third kappa shape index (κ3) is 6.85. The van der Waals surface area contributed by atoms with E-state index in [2.05, 4.69) is 5.32 Å². The van der Waals surface area contributed by atoms with Crippen molar-refractivity contribution in [2.45, 2.75) is 31.6 Å². The van der Waals surface area contributed by atoms with Gasteiger partial charge in [-0.15, -0.1) is 0 Å². The van der Waals surface area contributed by atoms with Gasteiger partial charge in [0.2, 0.25) is 0 Å². The molecule has 0 spiro atoms. The predicted octanol–water partition coefficient (Wildman–Crippen LogP) is 5.63. The molecule has 0 aliphatic carbocycles. The number of carbonyl (C=O) groups excluding carboxylic acids is 2. The molecule has 1 aliphatic rings. The van der Waals surface area contributed by atoms with E-state index in [-0.39, 0.29) is 30.7 Å². The molecule has 1 N–H and O–H groups in total. The van der Waals surface area contributed by atoms with Gasteiger partial charge in [0.25, 0.3) is 11.8 Å². The molecular weight excluding hydrogens is 491 g/mol. The molecule has 192 valence electrons. The second-order valence-corrected chi connectivity index (χ2v) is 9.36. The van der Waals surface area contributed by atoms with Crippen molar-refractivity contribution >= 4 is 35.3 Å². The highest BCUT2D eigenvalue weighted by atomic mass is 32.2. The average molecular weight is 521 g/mol. The molecule has 3 aromatic carbocycles. The van der Waals surface area contributed by atoms with Gasteiger partial charge in [-0.25, -0.2) is 4.39 Å². The molecule has 6 nitrogen and oxygen atoms in total. The lowest BCUT2D eigenvalue weighted by molar-refractivity contribution is -0.131. The smallest absolute Gasteiger partial charge is 0.265 e. The third-order valence-electron chi connectivity index (χ3n) is 5.67. The summed E-state index contributed by atoms with van der Waals surface area (Å²) >= 11 is 1.37. The summed E-state index contributed by atoms with van der Waals surface area (Å²) in [6.45, 7) is 5.10. The van der Waals surface area contributed by atoms with Gasteiger partial charge >= 0.3 is 0 Å². The first kappa shape index (κ1) is 26.6. The van der Waals surface area contributed by atoms with Crippen LogP contribution in [0, 0.1) is 5.82 Å². The molecule has 1 aliphatic heterocycles. The van der Waals surface area contributed by atoms with E-state index < -0.39 is 6.29 Å². The highest BCUT2D eigenvalue weighted by Crippen LogP contribution is 2.43. The minimum Gasteiger partial charge on any atom is -0.351 e. The summed E-state index contributed by atoms with van der Waals surface area (Å²) < 4.78 is 24.5. The number of thioether (sulfide) groups is 1. The number of ether oxygens (including phenoxy) is 2. The van der Waals surface area contributed by atoms with Crippen molar-refractivity contribution in [3.8, 4) is 0 Å². The lowest BCUT2D eigenvalue weighted by Crippen LogP contribution is -2.36. The Morgan fingerprint density at radius 2 is 1.73 bits per heavy atom. The molecular formula is C29H29FN2O4S. The van der Waals surface area contributed by atoms with Gasteiger partial charge in [-0.2, -0.15) is 0 Å². The van der Waals surface area contributed by atoms with E-state index in [1.54, 1.807) is 29.2 Å². The molecule has 0 unspecified atom stereocenters. The number of halogens is 1. The minimum atomic E-state index is -0.533. The topological polar surface area (TPSA) is 67.9 Å². The van der Waals surface area contributed by atoms with E-state index in [0.717, 1.165) is 16.0 Å². The first-order valence-electron chi connectivity index (χ1n) is 12.1. The molecule has 0 fully saturated rings. The van der Waals surface area contributed by atoms with Crippen LogP contribution in [0.25, 0.3) is 6.08 Å². The Balaban J connectivity index is 1.63. The van der Waals surface area contributed by atoms with E-state index in [1.165, 1.54) is 23.9 Å². The number of fused-ring (bicyclic) bond motifs is 1. The monoisotopic (exact) mass is 520 g/mol. The van der Waals surface area contributed by atoms with Crippen molar-refractivity contribution in [2.24, 2.45) is 0 Å². The summed E-state index contributed by atoms with van der Waals surface area (Å²) in [5.41, 5.74) is 2.73. The Labute approximate surface area is 220 Å². The molecule has 3 aromatic rings. The number of benzene rings is 3. The van der Waals surface area contributed by atoms with Gasteiger partial charge in [-0.3, -0.25) is 9.59 Å². The largest absolute Gasteiger partial charge is 0.351 e. The van der Waals surface area contributed by atoms with Crippen LogP contribution in [0.4, 0.5) is 10.1 Å². The Bertz CT molecular complexity index is 1260. The summed E-state index contributed by atoms with van der Waals surface area (Å²) in [6, 6.07) is 21.0. The molecule has 0 bridgehead atoms. The van der Waals surface area contributed by atoms with Crippen LogP contribution >= 0.6 is 11.8 Å². The van der Waals surface area contributed by atoms with Crippen molar-refractivity contribution in [2.75, 3.05) is 24.7 Å². The van der Waals surface area contributed by atoms with Crippen LogP contribution < -0.4 is 10.2 Å². The number of hydrogen-bond donors (Lipinski definition) is 1. The summed E-state index contributed by atoms with van der Waals surface area (Å²) in [5.74, 6) is -0.821. The SMILES string of the molecule is CCOC(CNC(=O)c1ccc2c(c1)N(Cc1ccc(F)cc1)C(=O)C(=Cc1ccccc1)S2)OCC. The number of hydrogen-bond acceptors (Lipinski definition) is 5. The maximum Gasteiger partial charge on any atom is 0.265 e. The second-order valence-electron chi connectivity index (χ2n) is 8.27. The van der Waals surface area contributed by atoms with Gasteiger partial charge in [0, 0.05) is 23.7 Å². The maximum absolute atomic E-state index is 13.6. The van der Waals surface area contributed by atoms with Crippen LogP contribution in [0.2, 0.25) is 0 Å². The molecule has 0 atom stereocenters. The van der Waals surface area contributed by atoms with Crippen molar-refractivity contribution < 1.29 is 23.5 Å². The molecule has 2 amide bonds. The van der Waals surface area contributed by atoms with E-state index in [4.69, 9.17) is 9.47 Å². The van der Waals surface area contributed by atoms with E-state index >= 15 is 0 Å². The molecule has 4 rings (SSSR count). The zero-order valence-electron chi connectivity index (χ0n) is 20.8. The number of carbonyl (C=O) groups is 2. The third-order valence-corrected chi connectivity index (χ3v) is 6.75. The first-order chi connectivity index (χ1) is 18.0. The van der Waals surface area contributed by atoms with E-state index in [1.807, 2.05) is 56.3 Å². The van der Waals surface area contributed by atoms with Gasteiger partial charge in [0.1, 0.15) is 5.82 Å². The van der Waals surface area contributed by atoms with Crippen molar-refractivity contribution in [1.29, 1.82) is 0 Å². The number of nitrogens with zero attached hydrogens (tertiary/aromatic N) is 1. The van der Waals surface area contributed by atoms with Gasteiger partial charge in [0.05, 0.1) is 23.7 Å². The van der Waals surface area contributed by atoms with Crippen molar-refractivity contribution in [3.63, 3.8) is 0 Å². The Kier molecular flexibility index (Phi) is 9.11. The molecule has 1 heterocycles. The van der Waals surface area contributed by atoms with Gasteiger partial charge in [-0.1, -0.05) is 54.2 Å². The summed E-state index contributed by atoms with van der Waals surface area (Å²) in [5, 5.41) is 2.85. The maximum atomic E-state index is 13.6. The highest BCUT2D eigenvalue weighted by Gasteiger charge is 2.30. The van der Waals surface area contributed by atoms with Gasteiger partial charge < -0.3 is 19.7 Å². The number of nitrogens with one attached hydrogen (secondary N) is 1. The fourth-order valence-electron chi connectivity index (χ4n) is 3.90. The lowest BCUT2D eigenvalue weighted by atomic mass is 10.1. The quantitative estimate of drug-likeness (QED) is 0.277.